The molecule has 0 radical (unpaired) electrons. The third-order valence-corrected chi connectivity index (χ3v) is 4.06. The first-order chi connectivity index (χ1) is 13.3. The van der Waals surface area contributed by atoms with E-state index in [1.807, 2.05) is 0 Å². The van der Waals surface area contributed by atoms with E-state index in [1.54, 1.807) is 0 Å². The van der Waals surface area contributed by atoms with Gasteiger partial charge in [0.25, 0.3) is 5.91 Å². The summed E-state index contributed by atoms with van der Waals surface area (Å²) in [5.74, 6) is -1.39. The van der Waals surface area contributed by atoms with Gasteiger partial charge in [0.1, 0.15) is 5.75 Å². The standard InChI is InChI=1S/C18H15F3N2O5/c19-18(20,21)12-3-6-15(22-9-12)28-13-4-1-11(2-5-13)16(24)23-7-8-27-10-14(23)17(25)26/h1-6,9,14H,7-8,10H2,(H,25,26). The molecule has 7 nitrogen and oxygen atoms in total. The molecule has 1 unspecified atom stereocenters. The van der Waals surface area contributed by atoms with Gasteiger partial charge in [-0.25, -0.2) is 9.78 Å². The van der Waals surface area contributed by atoms with Crippen LogP contribution in [0.3, 0.4) is 0 Å². The SMILES string of the molecule is O=C(O)C1COCCN1C(=O)c1ccc(Oc2ccc(C(F)(F)F)cn2)cc1. The normalized spacial score (nSPS) is 17.2. The van der Waals surface area contributed by atoms with E-state index in [9.17, 15) is 27.9 Å². The Morgan fingerprint density at radius 3 is 2.46 bits per heavy atom. The number of alkyl halides is 3. The van der Waals surface area contributed by atoms with Crippen molar-refractivity contribution in [3.05, 3.63) is 53.7 Å². The smallest absolute Gasteiger partial charge is 0.417 e. The summed E-state index contributed by atoms with van der Waals surface area (Å²) in [6.07, 6.45) is -3.82. The number of benzene rings is 1. The number of amides is 1. The van der Waals surface area contributed by atoms with Crippen LogP contribution in [0.1, 0.15) is 15.9 Å². The van der Waals surface area contributed by atoms with E-state index >= 15 is 0 Å². The number of aliphatic carboxylic acids is 1. The number of hydrogen-bond acceptors (Lipinski definition) is 5. The Kier molecular flexibility index (Phi) is 5.50. The van der Waals surface area contributed by atoms with Crippen LogP contribution in [0.15, 0.2) is 42.6 Å². The van der Waals surface area contributed by atoms with Crippen molar-refractivity contribution < 1.29 is 37.3 Å². The van der Waals surface area contributed by atoms with E-state index in [1.165, 1.54) is 29.2 Å². The molecule has 148 valence electrons. The molecular formula is C18H15F3N2O5. The van der Waals surface area contributed by atoms with E-state index in [0.717, 1.165) is 12.1 Å². The van der Waals surface area contributed by atoms with Crippen LogP contribution in [0, 0.1) is 0 Å². The van der Waals surface area contributed by atoms with Crippen LogP contribution >= 0.6 is 0 Å². The summed E-state index contributed by atoms with van der Waals surface area (Å²) in [5, 5.41) is 9.21. The molecule has 2 aromatic rings. The molecule has 0 saturated carbocycles. The molecule has 0 spiro atoms. The number of rotatable bonds is 4. The van der Waals surface area contributed by atoms with Crippen molar-refractivity contribution in [1.82, 2.24) is 9.88 Å². The fraction of sp³-hybridized carbons (Fsp3) is 0.278. The monoisotopic (exact) mass is 396 g/mol. The summed E-state index contributed by atoms with van der Waals surface area (Å²) in [7, 11) is 0. The molecule has 3 rings (SSSR count). The highest BCUT2D eigenvalue weighted by atomic mass is 19.4. The topological polar surface area (TPSA) is 89.0 Å². The summed E-state index contributed by atoms with van der Waals surface area (Å²) >= 11 is 0. The Hall–Kier alpha value is -3.14. The van der Waals surface area contributed by atoms with Gasteiger partial charge in [0.05, 0.1) is 18.8 Å². The number of aromatic nitrogens is 1. The zero-order valence-corrected chi connectivity index (χ0v) is 14.3. The number of nitrogens with zero attached hydrogens (tertiary/aromatic N) is 2. The number of morpholine rings is 1. The lowest BCUT2D eigenvalue weighted by molar-refractivity contribution is -0.147. The molecule has 1 aliphatic rings. The molecule has 1 aromatic heterocycles. The van der Waals surface area contributed by atoms with Crippen molar-refractivity contribution in [2.24, 2.45) is 0 Å². The van der Waals surface area contributed by atoms with Crippen molar-refractivity contribution in [2.45, 2.75) is 12.2 Å². The second kappa shape index (κ2) is 7.85. The quantitative estimate of drug-likeness (QED) is 0.855. The maximum Gasteiger partial charge on any atom is 0.417 e. The first kappa shape index (κ1) is 19.6. The molecule has 0 aliphatic carbocycles. The van der Waals surface area contributed by atoms with Gasteiger partial charge in [-0.05, 0) is 30.3 Å². The molecule has 1 saturated heterocycles. The molecule has 10 heteroatoms. The minimum absolute atomic E-state index is 0.0359. The minimum Gasteiger partial charge on any atom is -0.480 e. The van der Waals surface area contributed by atoms with Gasteiger partial charge in [-0.2, -0.15) is 13.2 Å². The number of carboxylic acids is 1. The summed E-state index contributed by atoms with van der Waals surface area (Å²) in [6, 6.07) is 6.66. The fourth-order valence-corrected chi connectivity index (χ4v) is 2.61. The first-order valence-corrected chi connectivity index (χ1v) is 8.18. The van der Waals surface area contributed by atoms with Crippen molar-refractivity contribution in [2.75, 3.05) is 19.8 Å². The van der Waals surface area contributed by atoms with E-state index in [0.29, 0.717) is 6.20 Å². The average Bonchev–Trinajstić information content (AvgIpc) is 2.68. The lowest BCUT2D eigenvalue weighted by atomic mass is 10.1. The molecule has 1 amide bonds. The number of carbonyl (C=O) groups excluding carboxylic acids is 1. The van der Waals surface area contributed by atoms with Crippen LogP contribution in [0.2, 0.25) is 0 Å². The van der Waals surface area contributed by atoms with Gasteiger partial charge in [0.15, 0.2) is 6.04 Å². The maximum absolute atomic E-state index is 12.6. The Morgan fingerprint density at radius 2 is 1.89 bits per heavy atom. The predicted octanol–water partition coefficient (Wildman–Crippen LogP) is 2.82. The number of carbonyl (C=O) groups is 2. The van der Waals surface area contributed by atoms with Crippen molar-refractivity contribution in [3.8, 4) is 11.6 Å². The summed E-state index contributed by atoms with van der Waals surface area (Å²) in [6.45, 7) is 0.321. The van der Waals surface area contributed by atoms with Gasteiger partial charge >= 0.3 is 12.1 Å². The Morgan fingerprint density at radius 1 is 1.18 bits per heavy atom. The fourth-order valence-electron chi connectivity index (χ4n) is 2.61. The summed E-state index contributed by atoms with van der Waals surface area (Å²) in [5.41, 5.74) is -0.639. The van der Waals surface area contributed by atoms with Crippen LogP contribution < -0.4 is 4.74 Å². The van der Waals surface area contributed by atoms with Crippen molar-refractivity contribution in [3.63, 3.8) is 0 Å². The number of halogens is 3. The van der Waals surface area contributed by atoms with E-state index in [4.69, 9.17) is 9.47 Å². The Bertz CT molecular complexity index is 853. The van der Waals surface area contributed by atoms with E-state index in [2.05, 4.69) is 4.98 Å². The van der Waals surface area contributed by atoms with Crippen molar-refractivity contribution in [1.29, 1.82) is 0 Å². The third-order valence-electron chi connectivity index (χ3n) is 4.06. The second-order valence-corrected chi connectivity index (χ2v) is 5.94. The zero-order valence-electron chi connectivity index (χ0n) is 14.3. The summed E-state index contributed by atoms with van der Waals surface area (Å²) < 4.78 is 48.1. The number of carboxylic acid groups (broad SMARTS) is 1. The number of hydrogen-bond donors (Lipinski definition) is 1. The molecule has 1 atom stereocenters. The lowest BCUT2D eigenvalue weighted by Gasteiger charge is -2.32. The highest BCUT2D eigenvalue weighted by molar-refractivity contribution is 5.96. The van der Waals surface area contributed by atoms with E-state index in [-0.39, 0.29) is 37.0 Å². The van der Waals surface area contributed by atoms with Crippen LogP contribution in [0.4, 0.5) is 13.2 Å². The van der Waals surface area contributed by atoms with Crippen LogP contribution in [-0.4, -0.2) is 52.7 Å². The largest absolute Gasteiger partial charge is 0.480 e. The molecule has 0 bridgehead atoms. The Balaban J connectivity index is 1.69. The number of pyridine rings is 1. The van der Waals surface area contributed by atoms with Crippen LogP contribution in [-0.2, 0) is 15.7 Å². The van der Waals surface area contributed by atoms with E-state index < -0.39 is 29.7 Å². The second-order valence-electron chi connectivity index (χ2n) is 5.94. The molecule has 28 heavy (non-hydrogen) atoms. The molecular weight excluding hydrogens is 381 g/mol. The minimum atomic E-state index is -4.49. The highest BCUT2D eigenvalue weighted by Crippen LogP contribution is 2.30. The van der Waals surface area contributed by atoms with Gasteiger partial charge in [-0.15, -0.1) is 0 Å². The molecule has 1 fully saturated rings. The van der Waals surface area contributed by atoms with Gasteiger partial charge in [0.2, 0.25) is 5.88 Å². The molecule has 1 N–H and O–H groups in total. The zero-order chi connectivity index (χ0) is 20.3. The predicted molar refractivity (Wildman–Crippen MR) is 89.0 cm³/mol. The summed E-state index contributed by atoms with van der Waals surface area (Å²) in [4.78, 5) is 28.7. The Labute approximate surface area is 157 Å². The first-order valence-electron chi connectivity index (χ1n) is 8.18. The third kappa shape index (κ3) is 4.39. The highest BCUT2D eigenvalue weighted by Gasteiger charge is 2.33. The van der Waals surface area contributed by atoms with Crippen LogP contribution in [0.5, 0.6) is 11.6 Å². The maximum atomic E-state index is 12.6. The lowest BCUT2D eigenvalue weighted by Crippen LogP contribution is -2.52. The molecule has 1 aliphatic heterocycles. The molecule has 2 heterocycles. The average molecular weight is 396 g/mol. The van der Waals surface area contributed by atoms with Crippen LogP contribution in [0.25, 0.3) is 0 Å². The number of ether oxygens (including phenoxy) is 2. The van der Waals surface area contributed by atoms with Gasteiger partial charge in [-0.1, -0.05) is 0 Å². The van der Waals surface area contributed by atoms with Gasteiger partial charge < -0.3 is 19.5 Å². The van der Waals surface area contributed by atoms with Crippen molar-refractivity contribution >= 4 is 11.9 Å². The van der Waals surface area contributed by atoms with Gasteiger partial charge in [0, 0.05) is 24.4 Å². The molecule has 1 aromatic carbocycles. The van der Waals surface area contributed by atoms with Gasteiger partial charge in [-0.3, -0.25) is 4.79 Å².